The minimum absolute atomic E-state index is 0.0797. The lowest BCUT2D eigenvalue weighted by Crippen LogP contribution is -2.48. The maximum atomic E-state index is 12.4. The molecule has 2 fully saturated rings. The molecule has 2 aliphatic rings. The van der Waals surface area contributed by atoms with Gasteiger partial charge in [0, 0.05) is 6.54 Å². The fourth-order valence-electron chi connectivity index (χ4n) is 3.50. The summed E-state index contributed by atoms with van der Waals surface area (Å²) in [5, 5.41) is 3.12. The van der Waals surface area contributed by atoms with E-state index in [1.54, 1.807) is 0 Å². The van der Waals surface area contributed by atoms with Crippen LogP contribution in [0.25, 0.3) is 0 Å². The van der Waals surface area contributed by atoms with E-state index < -0.39 is 5.41 Å². The number of nitrogens with two attached hydrogens (primary N) is 1. The van der Waals surface area contributed by atoms with Crippen molar-refractivity contribution in [2.24, 2.45) is 23.0 Å². The van der Waals surface area contributed by atoms with E-state index in [0.29, 0.717) is 10.9 Å². The number of hydrogen-bond acceptors (Lipinski definition) is 2. The van der Waals surface area contributed by atoms with Crippen LogP contribution in [-0.2, 0) is 4.79 Å². The highest BCUT2D eigenvalue weighted by molar-refractivity contribution is 7.80. The van der Waals surface area contributed by atoms with Crippen molar-refractivity contribution in [3.63, 3.8) is 0 Å². The maximum Gasteiger partial charge on any atom is 0.233 e. The summed E-state index contributed by atoms with van der Waals surface area (Å²) in [5.41, 5.74) is 5.29. The van der Waals surface area contributed by atoms with E-state index in [4.69, 9.17) is 18.0 Å². The smallest absolute Gasteiger partial charge is 0.233 e. The minimum atomic E-state index is -0.544. The molecule has 0 saturated heterocycles. The van der Waals surface area contributed by atoms with Gasteiger partial charge in [-0.25, -0.2) is 0 Å². The van der Waals surface area contributed by atoms with Gasteiger partial charge in [0.2, 0.25) is 5.91 Å². The summed E-state index contributed by atoms with van der Waals surface area (Å²) >= 11 is 5.15. The Labute approximate surface area is 121 Å². The molecule has 0 atom stereocenters. The van der Waals surface area contributed by atoms with Crippen molar-refractivity contribution in [1.29, 1.82) is 0 Å². The number of carbonyl (C=O) groups excluding carboxylic acids is 1. The molecule has 0 aromatic carbocycles. The number of amides is 1. The van der Waals surface area contributed by atoms with Gasteiger partial charge in [0.25, 0.3) is 0 Å². The summed E-state index contributed by atoms with van der Waals surface area (Å²) in [6, 6.07) is 0. The Bertz CT molecular complexity index is 342. The molecule has 3 N–H and O–H groups in total. The lowest BCUT2D eigenvalue weighted by atomic mass is 9.82. The molecular formula is C15H26N2OS. The van der Waals surface area contributed by atoms with Crippen LogP contribution in [0.5, 0.6) is 0 Å². The van der Waals surface area contributed by atoms with Gasteiger partial charge >= 0.3 is 0 Å². The first-order valence-corrected chi connectivity index (χ1v) is 8.03. The third-order valence-corrected chi connectivity index (χ3v) is 5.44. The normalized spacial score (nSPS) is 29.9. The zero-order valence-electron chi connectivity index (χ0n) is 11.9. The van der Waals surface area contributed by atoms with E-state index >= 15 is 0 Å². The number of thiocarbonyl (C=S) groups is 1. The van der Waals surface area contributed by atoms with Gasteiger partial charge in [-0.05, 0) is 37.5 Å². The fourth-order valence-corrected chi connectivity index (χ4v) is 3.80. The zero-order chi connectivity index (χ0) is 13.9. The molecule has 0 heterocycles. The van der Waals surface area contributed by atoms with Crippen LogP contribution >= 0.6 is 12.2 Å². The second-order valence-corrected chi connectivity index (χ2v) is 6.93. The van der Waals surface area contributed by atoms with Crippen LogP contribution < -0.4 is 11.1 Å². The second-order valence-electron chi connectivity index (χ2n) is 6.49. The van der Waals surface area contributed by atoms with Gasteiger partial charge in [0.05, 0.1) is 10.4 Å². The molecule has 0 aliphatic heterocycles. The Morgan fingerprint density at radius 1 is 1.26 bits per heavy atom. The summed E-state index contributed by atoms with van der Waals surface area (Å²) in [4.78, 5) is 12.8. The number of carbonyl (C=O) groups is 1. The SMILES string of the molecule is CC1CCC(CNC(=O)C2(C(N)=S)CCCC2)CC1. The standard InChI is InChI=1S/C15H26N2OS/c1-11-4-6-12(7-5-11)10-17-14(18)15(13(16)19)8-2-3-9-15/h11-12H,2-10H2,1H3,(H2,16,19)(H,17,18). The van der Waals surface area contributed by atoms with Crippen LogP contribution in [0.4, 0.5) is 0 Å². The Morgan fingerprint density at radius 2 is 1.84 bits per heavy atom. The Balaban J connectivity index is 1.85. The van der Waals surface area contributed by atoms with E-state index in [-0.39, 0.29) is 5.91 Å². The topological polar surface area (TPSA) is 55.1 Å². The molecule has 2 aliphatic carbocycles. The number of nitrogens with one attached hydrogen (secondary N) is 1. The van der Waals surface area contributed by atoms with Gasteiger partial charge in [-0.3, -0.25) is 4.79 Å². The van der Waals surface area contributed by atoms with Crippen molar-refractivity contribution in [2.45, 2.75) is 58.3 Å². The number of rotatable bonds is 4. The van der Waals surface area contributed by atoms with Gasteiger partial charge in [0.15, 0.2) is 0 Å². The molecule has 0 unspecified atom stereocenters. The van der Waals surface area contributed by atoms with Gasteiger partial charge < -0.3 is 11.1 Å². The van der Waals surface area contributed by atoms with Gasteiger partial charge in [-0.15, -0.1) is 0 Å². The average Bonchev–Trinajstić information content (AvgIpc) is 2.88. The molecule has 2 rings (SSSR count). The lowest BCUT2D eigenvalue weighted by molar-refractivity contribution is -0.127. The highest BCUT2D eigenvalue weighted by Crippen LogP contribution is 2.39. The maximum absolute atomic E-state index is 12.4. The van der Waals surface area contributed by atoms with Crippen LogP contribution in [0.1, 0.15) is 58.3 Å². The van der Waals surface area contributed by atoms with Crippen molar-refractivity contribution >= 4 is 23.1 Å². The summed E-state index contributed by atoms with van der Waals surface area (Å²) < 4.78 is 0. The van der Waals surface area contributed by atoms with E-state index in [1.807, 2.05) is 0 Å². The molecule has 0 aromatic heterocycles. The monoisotopic (exact) mass is 282 g/mol. The molecule has 19 heavy (non-hydrogen) atoms. The molecule has 1 amide bonds. The van der Waals surface area contributed by atoms with E-state index in [2.05, 4.69) is 12.2 Å². The molecular weight excluding hydrogens is 256 g/mol. The first-order valence-electron chi connectivity index (χ1n) is 7.63. The predicted molar refractivity (Wildman–Crippen MR) is 81.8 cm³/mol. The van der Waals surface area contributed by atoms with Gasteiger partial charge in [-0.2, -0.15) is 0 Å². The largest absolute Gasteiger partial charge is 0.392 e. The predicted octanol–water partition coefficient (Wildman–Crippen LogP) is 2.78. The highest BCUT2D eigenvalue weighted by Gasteiger charge is 2.43. The molecule has 4 heteroatoms. The zero-order valence-corrected chi connectivity index (χ0v) is 12.7. The van der Waals surface area contributed by atoms with E-state index in [1.165, 1.54) is 25.7 Å². The summed E-state index contributed by atoms with van der Waals surface area (Å²) in [5.74, 6) is 1.57. The molecule has 108 valence electrons. The molecule has 2 saturated carbocycles. The first kappa shape index (κ1) is 14.8. The summed E-state index contributed by atoms with van der Waals surface area (Å²) in [6.07, 6.45) is 8.84. The van der Waals surface area contributed by atoms with Crippen LogP contribution in [-0.4, -0.2) is 17.4 Å². The third-order valence-electron chi connectivity index (χ3n) is 5.05. The van der Waals surface area contributed by atoms with Crippen LogP contribution in [0.15, 0.2) is 0 Å². The average molecular weight is 282 g/mol. The van der Waals surface area contributed by atoms with Crippen molar-refractivity contribution in [3.05, 3.63) is 0 Å². The van der Waals surface area contributed by atoms with Crippen molar-refractivity contribution in [1.82, 2.24) is 5.32 Å². The van der Waals surface area contributed by atoms with E-state index in [0.717, 1.165) is 38.1 Å². The quantitative estimate of drug-likeness (QED) is 0.780. The Hall–Kier alpha value is -0.640. The second kappa shape index (κ2) is 6.21. The molecule has 0 radical (unpaired) electrons. The van der Waals surface area contributed by atoms with Crippen LogP contribution in [0.3, 0.4) is 0 Å². The molecule has 3 nitrogen and oxygen atoms in total. The molecule has 0 bridgehead atoms. The van der Waals surface area contributed by atoms with E-state index in [9.17, 15) is 4.79 Å². The Morgan fingerprint density at radius 3 is 2.37 bits per heavy atom. The fraction of sp³-hybridized carbons (Fsp3) is 0.867. The van der Waals surface area contributed by atoms with Crippen molar-refractivity contribution < 1.29 is 4.79 Å². The van der Waals surface area contributed by atoms with Crippen LogP contribution in [0, 0.1) is 17.3 Å². The summed E-state index contributed by atoms with van der Waals surface area (Å²) in [7, 11) is 0. The van der Waals surface area contributed by atoms with Crippen molar-refractivity contribution in [2.75, 3.05) is 6.54 Å². The molecule has 0 spiro atoms. The number of hydrogen-bond donors (Lipinski definition) is 2. The molecule has 0 aromatic rings. The first-order chi connectivity index (χ1) is 9.04. The lowest BCUT2D eigenvalue weighted by Gasteiger charge is -2.30. The van der Waals surface area contributed by atoms with Crippen molar-refractivity contribution in [3.8, 4) is 0 Å². The summed E-state index contributed by atoms with van der Waals surface area (Å²) in [6.45, 7) is 3.12. The Kier molecular flexibility index (Phi) is 4.82. The van der Waals surface area contributed by atoms with Gasteiger partial charge in [-0.1, -0.05) is 44.8 Å². The minimum Gasteiger partial charge on any atom is -0.392 e. The van der Waals surface area contributed by atoms with Crippen LogP contribution in [0.2, 0.25) is 0 Å². The third kappa shape index (κ3) is 3.28. The highest BCUT2D eigenvalue weighted by atomic mass is 32.1. The van der Waals surface area contributed by atoms with Gasteiger partial charge in [0.1, 0.15) is 0 Å².